The fraction of sp³-hybridized carbons (Fsp3) is 0.500. The van der Waals surface area contributed by atoms with Crippen molar-refractivity contribution in [1.82, 2.24) is 5.32 Å². The first kappa shape index (κ1) is 20.5. The van der Waals surface area contributed by atoms with Gasteiger partial charge in [0.1, 0.15) is 5.75 Å². The molecule has 0 saturated heterocycles. The Balaban J connectivity index is 0.00000400. The molecule has 0 bridgehead atoms. The van der Waals surface area contributed by atoms with E-state index in [1.807, 2.05) is 13.8 Å². The Morgan fingerprint density at radius 1 is 1.43 bits per heavy atom. The van der Waals surface area contributed by atoms with Crippen LogP contribution in [0.4, 0.5) is 0 Å². The van der Waals surface area contributed by atoms with Crippen LogP contribution in [0.3, 0.4) is 0 Å². The number of carbonyl (C=O) groups excluding carboxylic acids is 1. The lowest BCUT2D eigenvalue weighted by Gasteiger charge is -2.31. The molecule has 0 unspecified atom stereocenters. The van der Waals surface area contributed by atoms with Gasteiger partial charge in [-0.25, -0.2) is 0 Å². The van der Waals surface area contributed by atoms with Gasteiger partial charge < -0.3 is 15.8 Å². The number of hydrogen-bond acceptors (Lipinski definition) is 3. The summed E-state index contributed by atoms with van der Waals surface area (Å²) in [6.07, 6.45) is 1.57. The number of ether oxygens (including phenoxy) is 1. The molecule has 0 fully saturated rings. The number of nitrogens with two attached hydrogens (primary N) is 1. The van der Waals surface area contributed by atoms with E-state index in [0.717, 1.165) is 17.3 Å². The summed E-state index contributed by atoms with van der Waals surface area (Å²) in [5.74, 6) is 0.287. The second-order valence-corrected chi connectivity index (χ2v) is 5.93. The number of hydrogen-bond donors (Lipinski definition) is 2. The lowest BCUT2D eigenvalue weighted by Crippen LogP contribution is -2.54. The average Bonchev–Trinajstić information content (AvgIpc) is 2.44. The molecule has 0 heterocycles. The summed E-state index contributed by atoms with van der Waals surface area (Å²) in [6.45, 7) is 4.33. The van der Waals surface area contributed by atoms with E-state index < -0.39 is 0 Å². The van der Waals surface area contributed by atoms with Crippen LogP contribution in [0.15, 0.2) is 22.7 Å². The molecular formula is C14H21BrCl2N2O2. The summed E-state index contributed by atoms with van der Waals surface area (Å²) in [5, 5.41) is 3.40. The minimum Gasteiger partial charge on any atom is -0.482 e. The molecule has 0 radical (unpaired) electrons. The van der Waals surface area contributed by atoms with Crippen molar-refractivity contribution >= 4 is 45.8 Å². The Hall–Kier alpha value is -0.490. The zero-order valence-corrected chi connectivity index (χ0v) is 15.3. The maximum absolute atomic E-state index is 11.9. The monoisotopic (exact) mass is 398 g/mol. The lowest BCUT2D eigenvalue weighted by molar-refractivity contribution is -0.125. The number of halogens is 3. The number of benzene rings is 1. The Kier molecular flexibility index (Phi) is 9.29. The summed E-state index contributed by atoms with van der Waals surface area (Å²) < 4.78 is 6.29. The van der Waals surface area contributed by atoms with E-state index >= 15 is 0 Å². The van der Waals surface area contributed by atoms with E-state index in [-0.39, 0.29) is 30.5 Å². The molecule has 0 aliphatic carbocycles. The van der Waals surface area contributed by atoms with Crippen molar-refractivity contribution < 1.29 is 9.53 Å². The van der Waals surface area contributed by atoms with Gasteiger partial charge in [-0.3, -0.25) is 4.79 Å². The van der Waals surface area contributed by atoms with Gasteiger partial charge in [0.05, 0.1) is 10.6 Å². The first-order valence-corrected chi connectivity index (χ1v) is 7.72. The molecule has 1 aromatic carbocycles. The third-order valence-corrected chi connectivity index (χ3v) is 4.19. The van der Waals surface area contributed by atoms with Crippen LogP contribution in [0.5, 0.6) is 5.75 Å². The third-order valence-electron chi connectivity index (χ3n) is 3.40. The standard InChI is InChI=1S/C14H20BrClN2O2.ClH/c1-3-14(4-2,9-17)18-13(19)8-20-12-6-5-10(15)7-11(12)16;/h5-7H,3-4,8-9,17H2,1-2H3,(H,18,19);1H. The molecule has 1 rings (SSSR count). The molecule has 1 aromatic rings. The highest BCUT2D eigenvalue weighted by molar-refractivity contribution is 9.10. The number of rotatable bonds is 7. The van der Waals surface area contributed by atoms with Crippen LogP contribution >= 0.6 is 39.9 Å². The van der Waals surface area contributed by atoms with Gasteiger partial charge in [-0.1, -0.05) is 41.4 Å². The number of carbonyl (C=O) groups is 1. The normalized spacial score (nSPS) is 10.7. The molecule has 0 aliphatic heterocycles. The van der Waals surface area contributed by atoms with E-state index in [2.05, 4.69) is 21.2 Å². The first-order chi connectivity index (χ1) is 9.46. The van der Waals surface area contributed by atoms with Crippen molar-refractivity contribution in [3.8, 4) is 5.75 Å². The summed E-state index contributed by atoms with van der Waals surface area (Å²) in [7, 11) is 0. The van der Waals surface area contributed by atoms with Crippen LogP contribution in [-0.2, 0) is 4.79 Å². The van der Waals surface area contributed by atoms with Crippen molar-refractivity contribution in [2.75, 3.05) is 13.2 Å². The van der Waals surface area contributed by atoms with Gasteiger partial charge in [-0.15, -0.1) is 12.4 Å². The van der Waals surface area contributed by atoms with Gasteiger partial charge >= 0.3 is 0 Å². The van der Waals surface area contributed by atoms with Crippen LogP contribution < -0.4 is 15.8 Å². The summed E-state index contributed by atoms with van der Waals surface area (Å²) >= 11 is 9.33. The Labute approximate surface area is 145 Å². The lowest BCUT2D eigenvalue weighted by atomic mass is 9.93. The van der Waals surface area contributed by atoms with Gasteiger partial charge in [-0.05, 0) is 31.0 Å². The van der Waals surface area contributed by atoms with Gasteiger partial charge in [-0.2, -0.15) is 0 Å². The molecule has 0 aliphatic rings. The summed E-state index contributed by atoms with van der Waals surface area (Å²) in [5.41, 5.74) is 5.39. The highest BCUT2D eigenvalue weighted by Gasteiger charge is 2.26. The fourth-order valence-corrected chi connectivity index (χ4v) is 2.56. The van der Waals surface area contributed by atoms with Crippen molar-refractivity contribution in [3.63, 3.8) is 0 Å². The topological polar surface area (TPSA) is 64.3 Å². The summed E-state index contributed by atoms with van der Waals surface area (Å²) in [4.78, 5) is 11.9. The predicted molar refractivity (Wildman–Crippen MR) is 92.4 cm³/mol. The molecule has 1 amide bonds. The molecule has 7 heteroatoms. The van der Waals surface area contributed by atoms with E-state index in [0.29, 0.717) is 17.3 Å². The minimum atomic E-state index is -0.357. The van der Waals surface area contributed by atoms with Gasteiger partial charge in [0.15, 0.2) is 6.61 Å². The highest BCUT2D eigenvalue weighted by Crippen LogP contribution is 2.27. The maximum Gasteiger partial charge on any atom is 0.258 e. The Morgan fingerprint density at radius 2 is 2.05 bits per heavy atom. The summed E-state index contributed by atoms with van der Waals surface area (Å²) in [6, 6.07) is 5.24. The smallest absolute Gasteiger partial charge is 0.258 e. The van der Waals surface area contributed by atoms with Crippen LogP contribution in [-0.4, -0.2) is 24.6 Å². The predicted octanol–water partition coefficient (Wildman–Crippen LogP) is 3.54. The first-order valence-electron chi connectivity index (χ1n) is 6.55. The second-order valence-electron chi connectivity index (χ2n) is 4.60. The van der Waals surface area contributed by atoms with Crippen molar-refractivity contribution in [3.05, 3.63) is 27.7 Å². The van der Waals surface area contributed by atoms with Crippen LogP contribution in [0.1, 0.15) is 26.7 Å². The second kappa shape index (κ2) is 9.51. The van der Waals surface area contributed by atoms with Crippen LogP contribution in [0.2, 0.25) is 5.02 Å². The van der Waals surface area contributed by atoms with Crippen LogP contribution in [0.25, 0.3) is 0 Å². The zero-order chi connectivity index (χ0) is 15.2. The van der Waals surface area contributed by atoms with Crippen LogP contribution in [0, 0.1) is 0 Å². The molecule has 120 valence electrons. The SMILES string of the molecule is CCC(CC)(CN)NC(=O)COc1ccc(Br)cc1Cl.Cl. The van der Waals surface area contributed by atoms with E-state index in [4.69, 9.17) is 22.1 Å². The molecule has 0 atom stereocenters. The van der Waals surface area contributed by atoms with Crippen molar-refractivity contribution in [2.45, 2.75) is 32.2 Å². The zero-order valence-electron chi connectivity index (χ0n) is 12.1. The Bertz CT molecular complexity index is 460. The Morgan fingerprint density at radius 3 is 2.52 bits per heavy atom. The van der Waals surface area contributed by atoms with Gasteiger partial charge in [0.25, 0.3) is 5.91 Å². The number of amides is 1. The maximum atomic E-state index is 11.9. The fourth-order valence-electron chi connectivity index (χ4n) is 1.83. The number of nitrogens with one attached hydrogen (secondary N) is 1. The van der Waals surface area contributed by atoms with Gasteiger partial charge in [0, 0.05) is 11.0 Å². The largest absolute Gasteiger partial charge is 0.482 e. The molecular weight excluding hydrogens is 379 g/mol. The molecule has 0 aromatic heterocycles. The molecule has 0 saturated carbocycles. The third kappa shape index (κ3) is 6.02. The highest BCUT2D eigenvalue weighted by atomic mass is 79.9. The molecule has 4 nitrogen and oxygen atoms in total. The van der Waals surface area contributed by atoms with Crippen molar-refractivity contribution in [1.29, 1.82) is 0 Å². The molecule has 0 spiro atoms. The molecule has 21 heavy (non-hydrogen) atoms. The van der Waals surface area contributed by atoms with E-state index in [1.54, 1.807) is 18.2 Å². The quantitative estimate of drug-likeness (QED) is 0.736. The minimum absolute atomic E-state index is 0. The average molecular weight is 400 g/mol. The molecule has 3 N–H and O–H groups in total. The van der Waals surface area contributed by atoms with Crippen molar-refractivity contribution in [2.24, 2.45) is 5.73 Å². The van der Waals surface area contributed by atoms with E-state index in [1.165, 1.54) is 0 Å². The van der Waals surface area contributed by atoms with E-state index in [9.17, 15) is 4.79 Å². The van der Waals surface area contributed by atoms with Gasteiger partial charge in [0.2, 0.25) is 0 Å².